The van der Waals surface area contributed by atoms with Gasteiger partial charge in [-0.1, -0.05) is 62.4 Å². The summed E-state index contributed by atoms with van der Waals surface area (Å²) in [5.41, 5.74) is 0.430. The van der Waals surface area contributed by atoms with E-state index in [0.29, 0.717) is 35.2 Å². The third-order valence-electron chi connectivity index (χ3n) is 16.0. The number of halogens is 5. The average molecular weight is 1010 g/mol. The second-order valence-electron chi connectivity index (χ2n) is 21.3. The number of methoxy groups -OCH3 is 1. The Hall–Kier alpha value is -6.51. The molecule has 2 spiro atoms. The topological polar surface area (TPSA) is 162 Å². The van der Waals surface area contributed by atoms with Gasteiger partial charge in [0.25, 0.3) is 11.8 Å². The van der Waals surface area contributed by atoms with E-state index >= 15 is 4.39 Å². The van der Waals surface area contributed by atoms with Gasteiger partial charge in [0, 0.05) is 94.9 Å². The molecule has 1 aliphatic carbocycles. The number of nitrogens with zero attached hydrogens (tertiary/aromatic N) is 3. The lowest BCUT2D eigenvalue weighted by atomic mass is 9.63. The molecule has 1 unspecified atom stereocenters. The number of nitrogens with one attached hydrogen (secondary N) is 4. The number of fused-ring (bicyclic) bond motifs is 3. The second-order valence-corrected chi connectivity index (χ2v) is 21.7. The van der Waals surface area contributed by atoms with Gasteiger partial charge in [-0.05, 0) is 98.0 Å². The van der Waals surface area contributed by atoms with Crippen molar-refractivity contribution in [3.05, 3.63) is 117 Å². The van der Waals surface area contributed by atoms with Crippen LogP contribution < -0.4 is 26.0 Å². The fourth-order valence-electron chi connectivity index (χ4n) is 12.3. The maximum absolute atomic E-state index is 16.4. The summed E-state index contributed by atoms with van der Waals surface area (Å²) in [4.78, 5) is 74.4. The van der Waals surface area contributed by atoms with Crippen molar-refractivity contribution < 1.29 is 46.3 Å². The Kier molecular flexibility index (Phi) is 12.2. The summed E-state index contributed by atoms with van der Waals surface area (Å²) >= 11 is 6.39. The monoisotopic (exact) mass is 1010 g/mol. The molecular formula is C54H54ClF4N7O6. The lowest BCUT2D eigenvalue weighted by Gasteiger charge is -2.40. The minimum atomic E-state index is -4.71. The van der Waals surface area contributed by atoms with Gasteiger partial charge in [-0.15, -0.1) is 0 Å². The molecule has 5 aliphatic heterocycles. The van der Waals surface area contributed by atoms with Gasteiger partial charge in [-0.25, -0.2) is 4.39 Å². The number of hydrogen-bond donors (Lipinski definition) is 4. The second kappa shape index (κ2) is 17.9. The Labute approximate surface area is 419 Å². The third-order valence-corrected chi connectivity index (χ3v) is 16.3. The minimum Gasteiger partial charge on any atom is -0.495 e. The molecule has 4 aromatic rings. The third kappa shape index (κ3) is 8.33. The Balaban J connectivity index is 0.886. The molecule has 3 aromatic carbocycles. The van der Waals surface area contributed by atoms with Gasteiger partial charge in [0.15, 0.2) is 0 Å². The summed E-state index contributed by atoms with van der Waals surface area (Å²) in [6.45, 7) is 8.89. The molecule has 3 saturated heterocycles. The van der Waals surface area contributed by atoms with Crippen molar-refractivity contribution in [2.75, 3.05) is 30.8 Å². The molecule has 1 aromatic heterocycles. The first-order valence-corrected chi connectivity index (χ1v) is 24.6. The van der Waals surface area contributed by atoms with Gasteiger partial charge in [0.05, 0.1) is 23.9 Å². The van der Waals surface area contributed by atoms with Crippen LogP contribution in [0.3, 0.4) is 0 Å². The van der Waals surface area contributed by atoms with Gasteiger partial charge in [0.2, 0.25) is 17.7 Å². The van der Waals surface area contributed by atoms with Gasteiger partial charge in [0.1, 0.15) is 23.3 Å². The van der Waals surface area contributed by atoms with Crippen molar-refractivity contribution in [1.29, 1.82) is 0 Å². The predicted octanol–water partition coefficient (Wildman–Crippen LogP) is 8.21. The maximum atomic E-state index is 16.4. The number of ether oxygens (including phenoxy) is 1. The van der Waals surface area contributed by atoms with Gasteiger partial charge < -0.3 is 30.5 Å². The van der Waals surface area contributed by atoms with E-state index in [2.05, 4.69) is 38.1 Å². The molecule has 0 bridgehead atoms. The number of piperidine rings is 2. The fourth-order valence-corrected chi connectivity index (χ4v) is 12.5. The van der Waals surface area contributed by atoms with Crippen molar-refractivity contribution in [3.8, 4) is 17.6 Å². The molecule has 376 valence electrons. The summed E-state index contributed by atoms with van der Waals surface area (Å²) < 4.78 is 64.0. The number of pyridine rings is 1. The van der Waals surface area contributed by atoms with Gasteiger partial charge >= 0.3 is 6.18 Å². The summed E-state index contributed by atoms with van der Waals surface area (Å²) in [5, 5.41) is 11.8. The number of carbonyl (C=O) groups excluding carboxylic acids is 5. The highest BCUT2D eigenvalue weighted by molar-refractivity contribution is 6.30. The number of benzene rings is 3. The van der Waals surface area contributed by atoms with Crippen LogP contribution in [0.2, 0.25) is 5.02 Å². The van der Waals surface area contributed by atoms with Crippen LogP contribution in [-0.2, 0) is 32.5 Å². The highest BCUT2D eigenvalue weighted by Crippen LogP contribution is 2.61. The summed E-state index contributed by atoms with van der Waals surface area (Å²) in [5.74, 6) is 3.39. The lowest BCUT2D eigenvalue weighted by molar-refractivity contribution is -0.141. The normalized spacial score (nSPS) is 27.5. The zero-order valence-electron chi connectivity index (χ0n) is 40.4. The average Bonchev–Trinajstić information content (AvgIpc) is 3.54. The molecule has 6 aliphatic rings. The molecule has 18 heteroatoms. The first-order valence-electron chi connectivity index (χ1n) is 24.2. The Bertz CT molecular complexity index is 3020. The molecule has 6 heterocycles. The van der Waals surface area contributed by atoms with Crippen molar-refractivity contribution in [2.24, 2.45) is 16.7 Å². The first kappa shape index (κ1) is 49.1. The molecule has 13 nitrogen and oxygen atoms in total. The number of alkyl halides is 3. The molecule has 1 saturated carbocycles. The number of anilines is 2. The zero-order valence-corrected chi connectivity index (χ0v) is 41.1. The molecule has 5 amide bonds. The van der Waals surface area contributed by atoms with Crippen LogP contribution in [-0.4, -0.2) is 88.7 Å². The van der Waals surface area contributed by atoms with E-state index in [4.69, 9.17) is 16.3 Å². The number of aromatic nitrogens is 1. The first-order chi connectivity index (χ1) is 34.1. The highest BCUT2D eigenvalue weighted by atomic mass is 35.5. The number of amides is 5. The molecule has 4 N–H and O–H groups in total. The van der Waals surface area contributed by atoms with E-state index in [-0.39, 0.29) is 94.2 Å². The fraction of sp³-hybridized carbons (Fsp3) is 0.444. The number of carbonyl (C=O) groups is 5. The number of likely N-dealkylation sites (tertiary alicyclic amines) is 1. The van der Waals surface area contributed by atoms with Crippen LogP contribution >= 0.6 is 11.6 Å². The predicted molar refractivity (Wildman–Crippen MR) is 260 cm³/mol. The Morgan fingerprint density at radius 3 is 2.57 bits per heavy atom. The minimum absolute atomic E-state index is 0.00733. The van der Waals surface area contributed by atoms with E-state index in [1.54, 1.807) is 42.5 Å². The van der Waals surface area contributed by atoms with Crippen molar-refractivity contribution in [2.45, 2.75) is 114 Å². The van der Waals surface area contributed by atoms with Crippen LogP contribution in [0.1, 0.15) is 121 Å². The molecule has 4 fully saturated rings. The molecule has 10 rings (SSSR count). The zero-order chi connectivity index (χ0) is 51.2. The lowest BCUT2D eigenvalue weighted by Crippen LogP contribution is -2.52. The summed E-state index contributed by atoms with van der Waals surface area (Å²) in [6, 6.07) is 13.0. The van der Waals surface area contributed by atoms with Crippen molar-refractivity contribution >= 4 is 52.5 Å². The highest BCUT2D eigenvalue weighted by Gasteiger charge is 2.63. The standard InChI is InChI=1S/C54H54ClF4N7O6/c1-28-52(23-31(52)15-13-29-9-6-10-32-34(29)26-66(50(32)71)39-17-18-43(67)64-47(39)68)19-8-20-65(28)49(70)30-14-16-37(40(21-30)72-5)62-48(69)46-44(33-11-7-12-36(55)45(33)56)53(42(63-46)24-51(2,3)4)27-61-38-22-41(54(57,58)59)60-25-35(38)53/h6-7,9-12,14,16,21-22,25,28,31,39,42,44,46,61,63H,8,17-20,23-24,26-27H2,1-5H3,(H,62,69)(H,64,67,68)/t28-,31+,39?,42+,44+,46-,52-,53+/m1/s1. The van der Waals surface area contributed by atoms with E-state index in [0.717, 1.165) is 30.9 Å². The van der Waals surface area contributed by atoms with Crippen LogP contribution in [0, 0.1) is 34.4 Å². The molecular weight excluding hydrogens is 954 g/mol. The number of imide groups is 1. The van der Waals surface area contributed by atoms with Crippen LogP contribution in [0.15, 0.2) is 66.9 Å². The van der Waals surface area contributed by atoms with Crippen LogP contribution in [0.5, 0.6) is 5.75 Å². The molecule has 0 radical (unpaired) electrons. The smallest absolute Gasteiger partial charge is 0.433 e. The van der Waals surface area contributed by atoms with E-state index in [9.17, 15) is 37.1 Å². The largest absolute Gasteiger partial charge is 0.495 e. The van der Waals surface area contributed by atoms with Crippen molar-refractivity contribution in [1.82, 2.24) is 25.4 Å². The van der Waals surface area contributed by atoms with Gasteiger partial charge in [-0.2, -0.15) is 13.2 Å². The Morgan fingerprint density at radius 1 is 1.06 bits per heavy atom. The summed E-state index contributed by atoms with van der Waals surface area (Å²) in [6.07, 6.45) is -0.226. The number of hydrogen-bond acceptors (Lipinski definition) is 9. The van der Waals surface area contributed by atoms with E-state index in [1.807, 2.05) is 38.7 Å². The van der Waals surface area contributed by atoms with Crippen molar-refractivity contribution in [3.63, 3.8) is 0 Å². The quantitative estimate of drug-likeness (QED) is 0.0813. The van der Waals surface area contributed by atoms with E-state index < -0.39 is 59.0 Å². The molecule has 8 atom stereocenters. The molecule has 72 heavy (non-hydrogen) atoms. The number of rotatable bonds is 7. The van der Waals surface area contributed by atoms with Gasteiger partial charge in [-0.3, -0.25) is 34.3 Å². The van der Waals surface area contributed by atoms with Crippen LogP contribution in [0.4, 0.5) is 28.9 Å². The summed E-state index contributed by atoms with van der Waals surface area (Å²) in [7, 11) is 1.42. The SMILES string of the molecule is COc1cc(C(=O)N2CCC[C@@]3(C[C@@H]3C#Cc3cccc4c3CN(C3CCC(=O)NC3=O)C4=O)[C@H]2C)ccc1NC(=O)[C@@H]1N[C@@H](CC(C)(C)C)[C@@]2(CNc3cc(C(F)(F)F)ncc32)[C@H]1c1cccc(Cl)c1F. The maximum Gasteiger partial charge on any atom is 0.433 e. The van der Waals surface area contributed by atoms with Crippen LogP contribution in [0.25, 0.3) is 0 Å². The Morgan fingerprint density at radius 2 is 1.83 bits per heavy atom. The van der Waals surface area contributed by atoms with E-state index in [1.165, 1.54) is 24.3 Å².